The maximum absolute atomic E-state index is 13.0. The van der Waals surface area contributed by atoms with Gasteiger partial charge >= 0.3 is 0 Å². The van der Waals surface area contributed by atoms with Crippen LogP contribution in [-0.4, -0.2) is 52.0 Å². The Labute approximate surface area is 153 Å². The predicted octanol–water partition coefficient (Wildman–Crippen LogP) is 2.96. The van der Waals surface area contributed by atoms with Crippen LogP contribution in [0.25, 0.3) is 11.5 Å². The maximum atomic E-state index is 13.0. The first-order valence-corrected chi connectivity index (χ1v) is 8.89. The molecule has 0 unspecified atom stereocenters. The summed E-state index contributed by atoms with van der Waals surface area (Å²) in [6, 6.07) is 5.97. The molecule has 1 aliphatic heterocycles. The molecule has 26 heavy (non-hydrogen) atoms. The van der Waals surface area contributed by atoms with Gasteiger partial charge in [0.05, 0.1) is 6.54 Å². The lowest BCUT2D eigenvalue weighted by molar-refractivity contribution is -0.134. The van der Waals surface area contributed by atoms with Crippen molar-refractivity contribution in [1.82, 2.24) is 19.9 Å². The van der Waals surface area contributed by atoms with Crippen LogP contribution in [0.2, 0.25) is 0 Å². The zero-order valence-corrected chi connectivity index (χ0v) is 15.5. The first kappa shape index (κ1) is 18.5. The number of carbonyl (C=O) groups is 1. The van der Waals surface area contributed by atoms with Crippen LogP contribution in [0.4, 0.5) is 4.39 Å². The van der Waals surface area contributed by atoms with Crippen LogP contribution >= 0.6 is 0 Å². The summed E-state index contributed by atoms with van der Waals surface area (Å²) < 4.78 is 18.3. The van der Waals surface area contributed by atoms with Gasteiger partial charge < -0.3 is 9.42 Å². The van der Waals surface area contributed by atoms with E-state index in [-0.39, 0.29) is 17.1 Å². The fraction of sp³-hybridized carbons (Fsp3) is 0.526. The van der Waals surface area contributed by atoms with E-state index in [2.05, 4.69) is 35.8 Å². The molecular weight excluding hydrogens is 335 g/mol. The summed E-state index contributed by atoms with van der Waals surface area (Å²) in [6.07, 6.45) is 0.568. The van der Waals surface area contributed by atoms with Crippen molar-refractivity contribution in [2.24, 2.45) is 5.41 Å². The molecule has 0 saturated carbocycles. The second-order valence-electron chi connectivity index (χ2n) is 7.92. The summed E-state index contributed by atoms with van der Waals surface area (Å²) in [6.45, 7) is 9.83. The molecule has 0 spiro atoms. The molecular formula is C19H25FN4O2. The van der Waals surface area contributed by atoms with E-state index in [0.717, 1.165) is 26.2 Å². The fourth-order valence-electron chi connectivity index (χ4n) is 2.95. The number of amides is 1. The number of hydrogen-bond donors (Lipinski definition) is 0. The number of aromatic nitrogens is 2. The van der Waals surface area contributed by atoms with E-state index in [1.165, 1.54) is 12.1 Å². The van der Waals surface area contributed by atoms with Crippen molar-refractivity contribution in [3.63, 3.8) is 0 Å². The molecule has 1 amide bonds. The molecule has 1 aromatic carbocycles. The molecule has 3 rings (SSSR count). The normalized spacial score (nSPS) is 16.1. The van der Waals surface area contributed by atoms with Crippen molar-refractivity contribution in [3.8, 4) is 11.5 Å². The van der Waals surface area contributed by atoms with E-state index in [0.29, 0.717) is 30.2 Å². The van der Waals surface area contributed by atoms with Crippen LogP contribution in [-0.2, 0) is 11.3 Å². The number of hydrogen-bond acceptors (Lipinski definition) is 5. The fourth-order valence-corrected chi connectivity index (χ4v) is 2.95. The molecule has 1 saturated heterocycles. The van der Waals surface area contributed by atoms with Gasteiger partial charge in [-0.2, -0.15) is 4.98 Å². The molecule has 1 fully saturated rings. The van der Waals surface area contributed by atoms with Crippen molar-refractivity contribution in [2.75, 3.05) is 26.2 Å². The van der Waals surface area contributed by atoms with Gasteiger partial charge in [0.2, 0.25) is 5.91 Å². The van der Waals surface area contributed by atoms with Gasteiger partial charge in [0.15, 0.2) is 5.82 Å². The summed E-state index contributed by atoms with van der Waals surface area (Å²) >= 11 is 0. The monoisotopic (exact) mass is 360 g/mol. The van der Waals surface area contributed by atoms with Crippen LogP contribution in [0, 0.1) is 11.2 Å². The Hall–Kier alpha value is -2.28. The highest BCUT2D eigenvalue weighted by molar-refractivity contribution is 5.76. The minimum Gasteiger partial charge on any atom is -0.340 e. The standard InChI is InChI=1S/C19H25FN4O2/c1-19(2,3)12-17(25)24-10-8-23(9-11-24)13-16-21-18(26-22-16)14-4-6-15(20)7-5-14/h4-7H,8-13H2,1-3H3. The Balaban J connectivity index is 1.52. The van der Waals surface area contributed by atoms with Crippen molar-refractivity contribution in [3.05, 3.63) is 35.9 Å². The molecule has 1 aromatic heterocycles. The molecule has 6 nitrogen and oxygen atoms in total. The zero-order valence-electron chi connectivity index (χ0n) is 15.5. The molecule has 0 radical (unpaired) electrons. The van der Waals surface area contributed by atoms with Gasteiger partial charge in [0, 0.05) is 38.2 Å². The first-order chi connectivity index (χ1) is 12.3. The number of nitrogens with zero attached hydrogens (tertiary/aromatic N) is 4. The average molecular weight is 360 g/mol. The molecule has 2 heterocycles. The highest BCUT2D eigenvalue weighted by atomic mass is 19.1. The molecule has 140 valence electrons. The number of piperazine rings is 1. The van der Waals surface area contributed by atoms with E-state index < -0.39 is 0 Å². The van der Waals surface area contributed by atoms with E-state index in [1.807, 2.05) is 4.90 Å². The van der Waals surface area contributed by atoms with E-state index in [4.69, 9.17) is 4.52 Å². The van der Waals surface area contributed by atoms with Crippen molar-refractivity contribution >= 4 is 5.91 Å². The van der Waals surface area contributed by atoms with E-state index in [1.54, 1.807) is 12.1 Å². The van der Waals surface area contributed by atoms with Gasteiger partial charge in [0.25, 0.3) is 5.89 Å². The largest absolute Gasteiger partial charge is 0.340 e. The van der Waals surface area contributed by atoms with Gasteiger partial charge in [-0.3, -0.25) is 9.69 Å². The third kappa shape index (κ3) is 4.88. The molecule has 0 bridgehead atoms. The number of benzene rings is 1. The van der Waals surface area contributed by atoms with Crippen molar-refractivity contribution in [1.29, 1.82) is 0 Å². The highest BCUT2D eigenvalue weighted by Crippen LogP contribution is 2.21. The molecule has 0 atom stereocenters. The van der Waals surface area contributed by atoms with Crippen LogP contribution < -0.4 is 0 Å². The lowest BCUT2D eigenvalue weighted by Gasteiger charge is -2.35. The Bertz CT molecular complexity index is 744. The maximum Gasteiger partial charge on any atom is 0.257 e. The van der Waals surface area contributed by atoms with E-state index in [9.17, 15) is 9.18 Å². The summed E-state index contributed by atoms with van der Waals surface area (Å²) in [5, 5.41) is 4.01. The Kier molecular flexibility index (Phi) is 5.36. The van der Waals surface area contributed by atoms with Crippen LogP contribution in [0.15, 0.2) is 28.8 Å². The minimum absolute atomic E-state index is 0.00953. The summed E-state index contributed by atoms with van der Waals surface area (Å²) in [4.78, 5) is 20.8. The third-order valence-corrected chi connectivity index (χ3v) is 4.33. The molecule has 2 aromatic rings. The average Bonchev–Trinajstić information content (AvgIpc) is 3.03. The molecule has 0 aliphatic carbocycles. The van der Waals surface area contributed by atoms with Gasteiger partial charge in [0.1, 0.15) is 5.82 Å². The topological polar surface area (TPSA) is 62.5 Å². The Morgan fingerprint density at radius 2 is 1.81 bits per heavy atom. The number of carbonyl (C=O) groups excluding carboxylic acids is 1. The predicted molar refractivity (Wildman–Crippen MR) is 95.6 cm³/mol. The highest BCUT2D eigenvalue weighted by Gasteiger charge is 2.25. The summed E-state index contributed by atoms with van der Waals surface area (Å²) in [5.74, 6) is 0.903. The Morgan fingerprint density at radius 3 is 2.42 bits per heavy atom. The second-order valence-corrected chi connectivity index (χ2v) is 7.92. The molecule has 7 heteroatoms. The molecule has 0 N–H and O–H groups in total. The van der Waals surface area contributed by atoms with E-state index >= 15 is 0 Å². The second kappa shape index (κ2) is 7.53. The van der Waals surface area contributed by atoms with Crippen molar-refractivity contribution < 1.29 is 13.7 Å². The van der Waals surface area contributed by atoms with Gasteiger partial charge in [-0.15, -0.1) is 0 Å². The quantitative estimate of drug-likeness (QED) is 0.839. The van der Waals surface area contributed by atoms with Crippen molar-refractivity contribution in [2.45, 2.75) is 33.7 Å². The first-order valence-electron chi connectivity index (χ1n) is 8.89. The van der Waals surface area contributed by atoms with Crippen LogP contribution in [0.5, 0.6) is 0 Å². The lowest BCUT2D eigenvalue weighted by Crippen LogP contribution is -2.49. The van der Waals surface area contributed by atoms with Gasteiger partial charge in [-0.1, -0.05) is 25.9 Å². The van der Waals surface area contributed by atoms with Gasteiger partial charge in [-0.05, 0) is 29.7 Å². The summed E-state index contributed by atoms with van der Waals surface area (Å²) in [5.41, 5.74) is 0.707. The Morgan fingerprint density at radius 1 is 1.15 bits per heavy atom. The van der Waals surface area contributed by atoms with Crippen LogP contribution in [0.3, 0.4) is 0 Å². The zero-order chi connectivity index (χ0) is 18.7. The third-order valence-electron chi connectivity index (χ3n) is 4.33. The summed E-state index contributed by atoms with van der Waals surface area (Å²) in [7, 11) is 0. The SMILES string of the molecule is CC(C)(C)CC(=O)N1CCN(Cc2noc(-c3ccc(F)cc3)n2)CC1. The van der Waals surface area contributed by atoms with Gasteiger partial charge in [-0.25, -0.2) is 4.39 Å². The minimum atomic E-state index is -0.299. The number of halogens is 1. The van der Waals surface area contributed by atoms with Crippen LogP contribution in [0.1, 0.15) is 33.0 Å². The lowest BCUT2D eigenvalue weighted by atomic mass is 9.91. The number of rotatable bonds is 4. The smallest absolute Gasteiger partial charge is 0.257 e. The molecule has 1 aliphatic rings.